The molecular formula is C13H15N5O2S2. The average molecular weight is 337 g/mol. The Hall–Kier alpha value is -1.87. The fourth-order valence-corrected chi connectivity index (χ4v) is 3.90. The van der Waals surface area contributed by atoms with Crippen LogP contribution >= 0.6 is 23.1 Å². The van der Waals surface area contributed by atoms with Gasteiger partial charge in [0.25, 0.3) is 5.56 Å². The predicted octanol–water partition coefficient (Wildman–Crippen LogP) is 1.65. The van der Waals surface area contributed by atoms with Crippen LogP contribution in [0, 0.1) is 6.92 Å². The molecule has 0 unspecified atom stereocenters. The fourth-order valence-electron chi connectivity index (χ4n) is 2.15. The smallest absolute Gasteiger partial charge is 0.270 e. The Morgan fingerprint density at radius 1 is 1.41 bits per heavy atom. The molecule has 9 heteroatoms. The van der Waals surface area contributed by atoms with E-state index < -0.39 is 0 Å². The summed E-state index contributed by atoms with van der Waals surface area (Å²) < 4.78 is 3.20. The first-order valence-corrected chi connectivity index (χ1v) is 8.71. The Morgan fingerprint density at radius 3 is 3.00 bits per heavy atom. The molecule has 0 atom stereocenters. The SMILES string of the molecule is CCCn1c(SCc2cc(=O)n3c(C)csc3n2)n[nH]c1=O. The van der Waals surface area contributed by atoms with Crippen LogP contribution in [0.25, 0.3) is 4.96 Å². The molecule has 0 fully saturated rings. The summed E-state index contributed by atoms with van der Waals surface area (Å²) in [4.78, 5) is 28.9. The van der Waals surface area contributed by atoms with Gasteiger partial charge in [0.2, 0.25) is 0 Å². The Morgan fingerprint density at radius 2 is 2.23 bits per heavy atom. The molecule has 0 radical (unpaired) electrons. The Kier molecular flexibility index (Phi) is 4.16. The quantitative estimate of drug-likeness (QED) is 0.716. The van der Waals surface area contributed by atoms with E-state index >= 15 is 0 Å². The molecule has 0 aliphatic heterocycles. The van der Waals surface area contributed by atoms with Crippen molar-refractivity contribution in [2.24, 2.45) is 0 Å². The summed E-state index contributed by atoms with van der Waals surface area (Å²) in [6.07, 6.45) is 0.854. The van der Waals surface area contributed by atoms with Crippen LogP contribution in [0.4, 0.5) is 0 Å². The summed E-state index contributed by atoms with van der Waals surface area (Å²) in [6.45, 7) is 4.51. The first-order chi connectivity index (χ1) is 10.6. The van der Waals surface area contributed by atoms with E-state index in [-0.39, 0.29) is 11.2 Å². The fraction of sp³-hybridized carbons (Fsp3) is 0.385. The largest absolute Gasteiger partial charge is 0.343 e. The molecule has 0 aromatic carbocycles. The van der Waals surface area contributed by atoms with Gasteiger partial charge in [-0.3, -0.25) is 13.8 Å². The number of rotatable bonds is 5. The lowest BCUT2D eigenvalue weighted by Gasteiger charge is -2.03. The molecule has 7 nitrogen and oxygen atoms in total. The van der Waals surface area contributed by atoms with Gasteiger partial charge >= 0.3 is 5.69 Å². The number of hydrogen-bond donors (Lipinski definition) is 1. The molecule has 22 heavy (non-hydrogen) atoms. The molecule has 0 saturated carbocycles. The molecule has 3 aromatic rings. The van der Waals surface area contributed by atoms with E-state index in [9.17, 15) is 9.59 Å². The molecule has 3 rings (SSSR count). The van der Waals surface area contributed by atoms with Crippen molar-refractivity contribution in [2.75, 3.05) is 0 Å². The van der Waals surface area contributed by atoms with Crippen molar-refractivity contribution in [3.63, 3.8) is 0 Å². The molecule has 0 amide bonds. The number of nitrogens with zero attached hydrogens (tertiary/aromatic N) is 4. The highest BCUT2D eigenvalue weighted by molar-refractivity contribution is 7.98. The number of fused-ring (bicyclic) bond motifs is 1. The van der Waals surface area contributed by atoms with Crippen molar-refractivity contribution in [3.05, 3.63) is 43.7 Å². The Labute approximate surface area is 134 Å². The van der Waals surface area contributed by atoms with Crippen LogP contribution in [-0.2, 0) is 12.3 Å². The van der Waals surface area contributed by atoms with Gasteiger partial charge in [0.15, 0.2) is 10.1 Å². The van der Waals surface area contributed by atoms with Gasteiger partial charge < -0.3 is 0 Å². The van der Waals surface area contributed by atoms with E-state index in [0.717, 1.165) is 12.1 Å². The summed E-state index contributed by atoms with van der Waals surface area (Å²) in [5.41, 5.74) is 1.30. The van der Waals surface area contributed by atoms with Crippen LogP contribution in [0.2, 0.25) is 0 Å². The van der Waals surface area contributed by atoms with Crippen LogP contribution in [0.3, 0.4) is 0 Å². The van der Waals surface area contributed by atoms with E-state index in [1.54, 1.807) is 8.97 Å². The molecule has 0 aliphatic carbocycles. The highest BCUT2D eigenvalue weighted by Crippen LogP contribution is 2.19. The van der Waals surface area contributed by atoms with Gasteiger partial charge in [-0.1, -0.05) is 18.7 Å². The molecule has 0 spiro atoms. The first kappa shape index (κ1) is 15.0. The van der Waals surface area contributed by atoms with E-state index in [1.807, 2.05) is 19.2 Å². The standard InChI is InChI=1S/C13H15N5O2S2/c1-3-4-17-11(20)15-16-13(17)22-7-9-5-10(19)18-8(2)6-21-12(18)14-9/h5-6H,3-4,7H2,1-2H3,(H,15,20). The summed E-state index contributed by atoms with van der Waals surface area (Å²) in [6, 6.07) is 1.54. The molecule has 0 saturated heterocycles. The van der Waals surface area contributed by atoms with Crippen molar-refractivity contribution in [1.29, 1.82) is 0 Å². The number of nitrogens with one attached hydrogen (secondary N) is 1. The highest BCUT2D eigenvalue weighted by Gasteiger charge is 2.11. The lowest BCUT2D eigenvalue weighted by molar-refractivity contribution is 0.603. The zero-order chi connectivity index (χ0) is 15.7. The van der Waals surface area contributed by atoms with Gasteiger partial charge in [0, 0.05) is 29.4 Å². The summed E-state index contributed by atoms with van der Waals surface area (Å²) in [5, 5.41) is 9.00. The third kappa shape index (κ3) is 2.73. The Balaban J connectivity index is 1.85. The normalized spacial score (nSPS) is 11.4. The summed E-state index contributed by atoms with van der Waals surface area (Å²) >= 11 is 2.84. The van der Waals surface area contributed by atoms with E-state index in [4.69, 9.17) is 0 Å². The predicted molar refractivity (Wildman–Crippen MR) is 86.8 cm³/mol. The van der Waals surface area contributed by atoms with Crippen LogP contribution in [0.15, 0.2) is 26.2 Å². The van der Waals surface area contributed by atoms with Gasteiger partial charge in [0.05, 0.1) is 5.69 Å². The number of thioether (sulfide) groups is 1. The number of thiazole rings is 1. The van der Waals surface area contributed by atoms with Crippen molar-refractivity contribution in [2.45, 2.75) is 37.7 Å². The maximum Gasteiger partial charge on any atom is 0.343 e. The van der Waals surface area contributed by atoms with Gasteiger partial charge in [-0.2, -0.15) is 0 Å². The maximum atomic E-state index is 12.1. The minimum atomic E-state index is -0.207. The molecule has 3 heterocycles. The van der Waals surface area contributed by atoms with Crippen molar-refractivity contribution < 1.29 is 0 Å². The average Bonchev–Trinajstić information content (AvgIpc) is 3.02. The van der Waals surface area contributed by atoms with Crippen molar-refractivity contribution in [3.8, 4) is 0 Å². The number of aromatic amines is 1. The monoisotopic (exact) mass is 337 g/mol. The zero-order valence-corrected chi connectivity index (χ0v) is 13.8. The molecule has 116 valence electrons. The third-order valence-corrected chi connectivity index (χ3v) is 5.10. The molecule has 1 N–H and O–H groups in total. The Bertz CT molecular complexity index is 921. The van der Waals surface area contributed by atoms with Gasteiger partial charge in [0.1, 0.15) is 0 Å². The second kappa shape index (κ2) is 6.09. The minimum absolute atomic E-state index is 0.0765. The van der Waals surface area contributed by atoms with Gasteiger partial charge in [-0.25, -0.2) is 14.9 Å². The third-order valence-electron chi connectivity index (χ3n) is 3.15. The number of H-pyrrole nitrogens is 1. The molecular weight excluding hydrogens is 322 g/mol. The van der Waals surface area contributed by atoms with Crippen LogP contribution < -0.4 is 11.2 Å². The topological polar surface area (TPSA) is 85.0 Å². The van der Waals surface area contributed by atoms with Crippen LogP contribution in [0.5, 0.6) is 0 Å². The zero-order valence-electron chi connectivity index (χ0n) is 12.2. The molecule has 0 aliphatic rings. The second-order valence-electron chi connectivity index (χ2n) is 4.83. The summed E-state index contributed by atoms with van der Waals surface area (Å²) in [5.74, 6) is 0.497. The summed E-state index contributed by atoms with van der Waals surface area (Å²) in [7, 11) is 0. The number of aryl methyl sites for hydroxylation is 1. The van der Waals surface area contributed by atoms with E-state index in [0.29, 0.717) is 28.1 Å². The van der Waals surface area contributed by atoms with E-state index in [1.165, 1.54) is 29.2 Å². The van der Waals surface area contributed by atoms with Crippen molar-refractivity contribution >= 4 is 28.1 Å². The molecule has 0 bridgehead atoms. The minimum Gasteiger partial charge on any atom is -0.270 e. The lowest BCUT2D eigenvalue weighted by Crippen LogP contribution is -2.17. The highest BCUT2D eigenvalue weighted by atomic mass is 32.2. The molecule has 3 aromatic heterocycles. The number of hydrogen-bond acceptors (Lipinski definition) is 6. The van der Waals surface area contributed by atoms with Crippen LogP contribution in [0.1, 0.15) is 24.7 Å². The first-order valence-electron chi connectivity index (χ1n) is 6.85. The second-order valence-corrected chi connectivity index (χ2v) is 6.61. The number of aromatic nitrogens is 5. The van der Waals surface area contributed by atoms with Gasteiger partial charge in [-0.15, -0.1) is 16.4 Å². The maximum absolute atomic E-state index is 12.1. The van der Waals surface area contributed by atoms with E-state index in [2.05, 4.69) is 15.2 Å². The lowest BCUT2D eigenvalue weighted by atomic mass is 10.4. The van der Waals surface area contributed by atoms with Crippen molar-refractivity contribution in [1.82, 2.24) is 24.1 Å². The van der Waals surface area contributed by atoms with Crippen LogP contribution in [-0.4, -0.2) is 24.1 Å². The van der Waals surface area contributed by atoms with Gasteiger partial charge in [-0.05, 0) is 13.3 Å².